The third-order valence-corrected chi connectivity index (χ3v) is 4.24. The quantitative estimate of drug-likeness (QED) is 0.747. The molecule has 0 saturated carbocycles. The van der Waals surface area contributed by atoms with E-state index >= 15 is 0 Å². The molecule has 4 rings (SSSR count). The molecule has 1 aliphatic heterocycles. The average molecular weight is 326 g/mol. The van der Waals surface area contributed by atoms with E-state index < -0.39 is 0 Å². The van der Waals surface area contributed by atoms with Gasteiger partial charge in [0.1, 0.15) is 11.6 Å². The van der Waals surface area contributed by atoms with Crippen molar-refractivity contribution >= 4 is 17.2 Å². The van der Waals surface area contributed by atoms with Gasteiger partial charge < -0.3 is 15.0 Å². The van der Waals surface area contributed by atoms with E-state index in [9.17, 15) is 4.79 Å². The molecule has 0 aliphatic carbocycles. The molecule has 2 aromatic heterocycles. The number of nitrogens with one attached hydrogen (secondary N) is 2. The van der Waals surface area contributed by atoms with Gasteiger partial charge in [0.25, 0.3) is 0 Å². The fourth-order valence-corrected chi connectivity index (χ4v) is 3.08. The molecule has 1 aliphatic rings. The first-order chi connectivity index (χ1) is 11.7. The minimum absolute atomic E-state index is 0.252. The van der Waals surface area contributed by atoms with Crippen LogP contribution < -0.4 is 20.6 Å². The molecule has 0 radical (unpaired) electrons. The molecule has 2 N–H and O–H groups in total. The normalized spacial score (nSPS) is 17.4. The van der Waals surface area contributed by atoms with Gasteiger partial charge in [-0.05, 0) is 30.7 Å². The molecule has 1 aromatic carbocycles. The molecule has 1 saturated heterocycles. The summed E-state index contributed by atoms with van der Waals surface area (Å²) in [5.41, 5.74) is 1.27. The molecule has 124 valence electrons. The fraction of sp³-hybridized carbons (Fsp3) is 0.312. The summed E-state index contributed by atoms with van der Waals surface area (Å²) in [7, 11) is 1.69. The number of methoxy groups -OCH3 is 1. The Labute approximate surface area is 138 Å². The number of anilines is 2. The van der Waals surface area contributed by atoms with Crippen LogP contribution in [0.25, 0.3) is 5.65 Å². The summed E-state index contributed by atoms with van der Waals surface area (Å²) >= 11 is 0. The Kier molecular flexibility index (Phi) is 3.56. The number of ether oxygens (including phenoxy) is 1. The molecule has 1 fully saturated rings. The lowest BCUT2D eigenvalue weighted by molar-refractivity contribution is 0.415. The molecule has 0 unspecified atom stereocenters. The number of H-pyrrole nitrogens is 1. The zero-order valence-corrected chi connectivity index (χ0v) is 13.3. The lowest BCUT2D eigenvalue weighted by Crippen LogP contribution is -2.27. The Bertz CT molecular complexity index is 918. The first-order valence-electron chi connectivity index (χ1n) is 7.83. The Morgan fingerprint density at radius 2 is 2.17 bits per heavy atom. The third-order valence-electron chi connectivity index (χ3n) is 4.24. The summed E-state index contributed by atoms with van der Waals surface area (Å²) in [6.07, 6.45) is 0.984. The zero-order chi connectivity index (χ0) is 16.5. The maximum absolute atomic E-state index is 11.6. The van der Waals surface area contributed by atoms with E-state index in [1.807, 2.05) is 24.3 Å². The lowest BCUT2D eigenvalue weighted by Gasteiger charge is -2.21. The van der Waals surface area contributed by atoms with Crippen molar-refractivity contribution < 1.29 is 4.74 Å². The predicted molar refractivity (Wildman–Crippen MR) is 90.8 cm³/mol. The summed E-state index contributed by atoms with van der Waals surface area (Å²) in [6, 6.07) is 11.9. The monoisotopic (exact) mass is 326 g/mol. The number of rotatable bonds is 4. The highest BCUT2D eigenvalue weighted by Gasteiger charge is 2.24. The van der Waals surface area contributed by atoms with E-state index in [-0.39, 0.29) is 11.7 Å². The molecule has 8 heteroatoms. The van der Waals surface area contributed by atoms with E-state index in [2.05, 4.69) is 31.6 Å². The fourth-order valence-electron chi connectivity index (χ4n) is 3.08. The van der Waals surface area contributed by atoms with Crippen molar-refractivity contribution in [1.29, 1.82) is 0 Å². The largest absolute Gasteiger partial charge is 0.495 e. The number of benzene rings is 1. The van der Waals surface area contributed by atoms with Crippen LogP contribution in [0.1, 0.15) is 6.42 Å². The molecule has 1 atom stereocenters. The second-order valence-corrected chi connectivity index (χ2v) is 5.77. The number of hydrogen-bond acceptors (Lipinski definition) is 6. The molecule has 3 heterocycles. The molecule has 0 spiro atoms. The van der Waals surface area contributed by atoms with Gasteiger partial charge >= 0.3 is 5.69 Å². The van der Waals surface area contributed by atoms with Crippen LogP contribution in [0.2, 0.25) is 0 Å². The van der Waals surface area contributed by atoms with Crippen LogP contribution in [0, 0.1) is 0 Å². The van der Waals surface area contributed by atoms with Crippen molar-refractivity contribution in [3.8, 4) is 5.75 Å². The molecular weight excluding hydrogens is 308 g/mol. The molecule has 8 nitrogen and oxygen atoms in total. The van der Waals surface area contributed by atoms with Crippen molar-refractivity contribution in [1.82, 2.24) is 19.8 Å². The Morgan fingerprint density at radius 3 is 3.04 bits per heavy atom. The minimum atomic E-state index is -0.337. The van der Waals surface area contributed by atoms with Gasteiger partial charge in [-0.2, -0.15) is 9.61 Å². The van der Waals surface area contributed by atoms with E-state index in [0.717, 1.165) is 30.9 Å². The second kappa shape index (κ2) is 5.88. The molecular formula is C16H18N6O2. The highest BCUT2D eigenvalue weighted by molar-refractivity contribution is 5.59. The SMILES string of the molecule is COc1ccccc1N1CC[C@H](Nc2ccc3n[nH]c(=O)n3n2)C1. The zero-order valence-electron chi connectivity index (χ0n) is 13.3. The summed E-state index contributed by atoms with van der Waals surface area (Å²) in [4.78, 5) is 13.9. The summed E-state index contributed by atoms with van der Waals surface area (Å²) in [6.45, 7) is 1.78. The van der Waals surface area contributed by atoms with Gasteiger partial charge in [0.15, 0.2) is 5.65 Å². The van der Waals surface area contributed by atoms with Crippen LogP contribution in [0.4, 0.5) is 11.5 Å². The Balaban J connectivity index is 1.50. The van der Waals surface area contributed by atoms with Gasteiger partial charge in [-0.25, -0.2) is 9.89 Å². The van der Waals surface area contributed by atoms with Gasteiger partial charge in [0, 0.05) is 19.1 Å². The number of fused-ring (bicyclic) bond motifs is 1. The van der Waals surface area contributed by atoms with Crippen LogP contribution >= 0.6 is 0 Å². The van der Waals surface area contributed by atoms with Crippen LogP contribution in [-0.4, -0.2) is 46.1 Å². The number of nitrogens with zero attached hydrogens (tertiary/aromatic N) is 4. The first kappa shape index (κ1) is 14.6. The highest BCUT2D eigenvalue weighted by atomic mass is 16.5. The van der Waals surface area contributed by atoms with Crippen molar-refractivity contribution in [3.63, 3.8) is 0 Å². The second-order valence-electron chi connectivity index (χ2n) is 5.77. The number of aromatic amines is 1. The topological polar surface area (TPSA) is 87.5 Å². The smallest absolute Gasteiger partial charge is 0.364 e. The molecule has 24 heavy (non-hydrogen) atoms. The van der Waals surface area contributed by atoms with Crippen molar-refractivity contribution in [2.45, 2.75) is 12.5 Å². The Hall–Kier alpha value is -3.03. The van der Waals surface area contributed by atoms with Gasteiger partial charge in [-0.3, -0.25) is 0 Å². The summed E-state index contributed by atoms with van der Waals surface area (Å²) in [5.74, 6) is 1.54. The number of hydrogen-bond donors (Lipinski definition) is 2. The maximum Gasteiger partial charge on any atom is 0.364 e. The number of aromatic nitrogens is 4. The van der Waals surface area contributed by atoms with E-state index in [4.69, 9.17) is 4.74 Å². The van der Waals surface area contributed by atoms with Gasteiger partial charge in [0.2, 0.25) is 0 Å². The minimum Gasteiger partial charge on any atom is -0.495 e. The van der Waals surface area contributed by atoms with E-state index in [1.165, 1.54) is 4.52 Å². The van der Waals surface area contributed by atoms with Crippen molar-refractivity contribution in [2.24, 2.45) is 0 Å². The average Bonchev–Trinajstić information content (AvgIpc) is 3.22. The molecule has 3 aromatic rings. The summed E-state index contributed by atoms with van der Waals surface area (Å²) in [5, 5.41) is 13.9. The van der Waals surface area contributed by atoms with Crippen LogP contribution in [0.5, 0.6) is 5.75 Å². The standard InChI is InChI=1S/C16H18N6O2/c1-24-13-5-3-2-4-12(13)21-9-8-11(10-21)17-14-6-7-15-18-19-16(23)22(15)20-14/h2-7,11H,8-10H2,1H3,(H,17,20)(H,19,23)/t11-/m0/s1. The number of para-hydroxylation sites is 2. The summed E-state index contributed by atoms with van der Waals surface area (Å²) < 4.78 is 6.70. The lowest BCUT2D eigenvalue weighted by atomic mass is 10.2. The van der Waals surface area contributed by atoms with Crippen LogP contribution in [0.3, 0.4) is 0 Å². The van der Waals surface area contributed by atoms with Gasteiger partial charge in [-0.1, -0.05) is 12.1 Å². The molecule has 0 amide bonds. The van der Waals surface area contributed by atoms with Crippen LogP contribution in [0.15, 0.2) is 41.2 Å². The van der Waals surface area contributed by atoms with Crippen LogP contribution in [-0.2, 0) is 0 Å². The van der Waals surface area contributed by atoms with E-state index in [1.54, 1.807) is 13.2 Å². The van der Waals surface area contributed by atoms with Gasteiger partial charge in [-0.15, -0.1) is 5.10 Å². The van der Waals surface area contributed by atoms with Gasteiger partial charge in [0.05, 0.1) is 12.8 Å². The Morgan fingerprint density at radius 1 is 1.29 bits per heavy atom. The van der Waals surface area contributed by atoms with Crippen molar-refractivity contribution in [2.75, 3.05) is 30.4 Å². The molecule has 0 bridgehead atoms. The maximum atomic E-state index is 11.6. The van der Waals surface area contributed by atoms with Crippen molar-refractivity contribution in [3.05, 3.63) is 46.9 Å². The third kappa shape index (κ3) is 2.55. The first-order valence-corrected chi connectivity index (χ1v) is 7.83. The highest BCUT2D eigenvalue weighted by Crippen LogP contribution is 2.30. The predicted octanol–water partition coefficient (Wildman–Crippen LogP) is 1.12. The van der Waals surface area contributed by atoms with E-state index in [0.29, 0.717) is 11.5 Å².